The van der Waals surface area contributed by atoms with Crippen molar-refractivity contribution in [2.24, 2.45) is 0 Å². The Labute approximate surface area is 136 Å². The van der Waals surface area contributed by atoms with Crippen molar-refractivity contribution in [2.45, 2.75) is 4.90 Å². The van der Waals surface area contributed by atoms with E-state index in [0.29, 0.717) is 24.6 Å². The van der Waals surface area contributed by atoms with E-state index >= 15 is 0 Å². The van der Waals surface area contributed by atoms with Crippen LogP contribution in [-0.2, 0) is 9.84 Å². The molecule has 0 heterocycles. The van der Waals surface area contributed by atoms with Gasteiger partial charge in [0, 0.05) is 13.1 Å². The number of sulfone groups is 1. The van der Waals surface area contributed by atoms with Gasteiger partial charge in [0.1, 0.15) is 6.61 Å². The van der Waals surface area contributed by atoms with Gasteiger partial charge in [0.15, 0.2) is 21.4 Å². The predicted molar refractivity (Wildman–Crippen MR) is 87.9 cm³/mol. The highest BCUT2D eigenvalue weighted by Gasteiger charge is 2.14. The van der Waals surface area contributed by atoms with Crippen LogP contribution in [0, 0.1) is 5.82 Å². The number of hydrogen-bond donors (Lipinski definition) is 0. The Hall–Kier alpha value is -1.92. The first-order valence-electron chi connectivity index (χ1n) is 7.33. The van der Waals surface area contributed by atoms with Gasteiger partial charge in [-0.05, 0) is 31.3 Å². The number of rotatable bonds is 8. The number of likely N-dealkylation sites (N-methyl/N-ethyl adjacent to an activating group) is 1. The van der Waals surface area contributed by atoms with E-state index in [9.17, 15) is 12.8 Å². The molecule has 6 heteroatoms. The number of benzene rings is 2. The highest BCUT2D eigenvalue weighted by Crippen LogP contribution is 2.15. The van der Waals surface area contributed by atoms with Crippen LogP contribution in [0.2, 0.25) is 0 Å². The molecule has 4 nitrogen and oxygen atoms in total. The van der Waals surface area contributed by atoms with Crippen molar-refractivity contribution >= 4 is 9.84 Å². The van der Waals surface area contributed by atoms with Crippen molar-refractivity contribution in [1.82, 2.24) is 4.90 Å². The van der Waals surface area contributed by atoms with E-state index < -0.39 is 15.7 Å². The summed E-state index contributed by atoms with van der Waals surface area (Å²) in [7, 11) is -1.47. The largest absolute Gasteiger partial charge is 0.489 e. The van der Waals surface area contributed by atoms with Crippen LogP contribution in [0.5, 0.6) is 5.75 Å². The Morgan fingerprint density at radius 1 is 1.00 bits per heavy atom. The molecule has 0 unspecified atom stereocenters. The fraction of sp³-hybridized carbons (Fsp3) is 0.294. The van der Waals surface area contributed by atoms with E-state index in [1.54, 1.807) is 48.5 Å². The Balaban J connectivity index is 1.77. The lowest BCUT2D eigenvalue weighted by Gasteiger charge is -2.17. The van der Waals surface area contributed by atoms with Crippen LogP contribution in [0.4, 0.5) is 4.39 Å². The second-order valence-corrected chi connectivity index (χ2v) is 7.32. The number of halogens is 1. The van der Waals surface area contributed by atoms with Gasteiger partial charge in [-0.2, -0.15) is 0 Å². The topological polar surface area (TPSA) is 46.6 Å². The minimum Gasteiger partial charge on any atom is -0.489 e. The average molecular weight is 337 g/mol. The maximum atomic E-state index is 13.4. The van der Waals surface area contributed by atoms with Gasteiger partial charge in [0.05, 0.1) is 10.6 Å². The van der Waals surface area contributed by atoms with E-state index in [4.69, 9.17) is 4.74 Å². The molecule has 0 atom stereocenters. The Kier molecular flexibility index (Phi) is 6.12. The zero-order valence-corrected chi connectivity index (χ0v) is 13.8. The Bertz CT molecular complexity index is 720. The molecule has 0 amide bonds. The normalized spacial score (nSPS) is 11.6. The van der Waals surface area contributed by atoms with E-state index in [2.05, 4.69) is 0 Å². The van der Waals surface area contributed by atoms with E-state index in [1.807, 2.05) is 11.9 Å². The molecule has 0 spiro atoms. The van der Waals surface area contributed by atoms with Gasteiger partial charge in [-0.25, -0.2) is 12.8 Å². The first-order chi connectivity index (χ1) is 11.0. The summed E-state index contributed by atoms with van der Waals surface area (Å²) in [5.41, 5.74) is 0. The van der Waals surface area contributed by atoms with E-state index in [-0.39, 0.29) is 11.5 Å². The molecule has 0 saturated heterocycles. The molecule has 2 rings (SSSR count). The molecule has 23 heavy (non-hydrogen) atoms. The van der Waals surface area contributed by atoms with Crippen molar-refractivity contribution < 1.29 is 17.5 Å². The van der Waals surface area contributed by atoms with Crippen LogP contribution in [0.15, 0.2) is 59.5 Å². The highest BCUT2D eigenvalue weighted by molar-refractivity contribution is 7.91. The first kappa shape index (κ1) is 17.4. The second-order valence-electron chi connectivity index (χ2n) is 5.21. The molecule has 0 N–H and O–H groups in total. The van der Waals surface area contributed by atoms with Crippen LogP contribution < -0.4 is 4.74 Å². The van der Waals surface area contributed by atoms with Crippen molar-refractivity contribution in [3.8, 4) is 5.75 Å². The molecule has 0 bridgehead atoms. The third kappa shape index (κ3) is 5.33. The average Bonchev–Trinajstić information content (AvgIpc) is 2.56. The molecule has 0 fully saturated rings. The summed E-state index contributed by atoms with van der Waals surface area (Å²) < 4.78 is 43.1. The summed E-state index contributed by atoms with van der Waals surface area (Å²) >= 11 is 0. The number of hydrogen-bond acceptors (Lipinski definition) is 4. The lowest BCUT2D eigenvalue weighted by molar-refractivity contribution is 0.237. The molecule has 0 saturated carbocycles. The summed E-state index contributed by atoms with van der Waals surface area (Å²) in [4.78, 5) is 2.18. The molecule has 0 aliphatic carbocycles. The van der Waals surface area contributed by atoms with Crippen LogP contribution >= 0.6 is 0 Å². The summed E-state index contributed by atoms with van der Waals surface area (Å²) in [6.45, 7) is 1.19. The molecule has 0 radical (unpaired) electrons. The van der Waals surface area contributed by atoms with Gasteiger partial charge in [-0.1, -0.05) is 30.3 Å². The highest BCUT2D eigenvalue weighted by atomic mass is 32.2. The van der Waals surface area contributed by atoms with Crippen molar-refractivity contribution in [3.63, 3.8) is 0 Å². The first-order valence-corrected chi connectivity index (χ1v) is 8.98. The minimum absolute atomic E-state index is 0.0349. The Morgan fingerprint density at radius 3 is 2.35 bits per heavy atom. The van der Waals surface area contributed by atoms with Gasteiger partial charge in [-0.15, -0.1) is 0 Å². The standard InChI is InChI=1S/C17H20FNO3S/c1-19(11-13-22-17-10-6-5-9-16(17)18)12-14-23(20,21)15-7-3-2-4-8-15/h2-10H,11-14H2,1H3. The summed E-state index contributed by atoms with van der Waals surface area (Å²) in [6.07, 6.45) is 0. The summed E-state index contributed by atoms with van der Waals surface area (Å²) in [5.74, 6) is -0.160. The van der Waals surface area contributed by atoms with Crippen LogP contribution in [0.25, 0.3) is 0 Å². The monoisotopic (exact) mass is 337 g/mol. The molecule has 2 aromatic rings. The lowest BCUT2D eigenvalue weighted by atomic mass is 10.3. The van der Waals surface area contributed by atoms with Gasteiger partial charge in [0.2, 0.25) is 0 Å². The SMILES string of the molecule is CN(CCOc1ccccc1F)CCS(=O)(=O)c1ccccc1. The molecule has 124 valence electrons. The Morgan fingerprint density at radius 2 is 1.65 bits per heavy atom. The number of nitrogens with zero attached hydrogens (tertiary/aromatic N) is 1. The molecular formula is C17H20FNO3S. The van der Waals surface area contributed by atoms with Gasteiger partial charge >= 0.3 is 0 Å². The zero-order chi connectivity index (χ0) is 16.7. The predicted octanol–water partition coefficient (Wildman–Crippen LogP) is 2.61. The number of ether oxygens (including phenoxy) is 1. The van der Waals surface area contributed by atoms with E-state index in [0.717, 1.165) is 0 Å². The maximum Gasteiger partial charge on any atom is 0.179 e. The third-order valence-corrected chi connectivity index (χ3v) is 5.12. The smallest absolute Gasteiger partial charge is 0.179 e. The van der Waals surface area contributed by atoms with Crippen molar-refractivity contribution in [2.75, 3.05) is 32.5 Å². The quantitative estimate of drug-likeness (QED) is 0.743. The molecular weight excluding hydrogens is 317 g/mol. The third-order valence-electron chi connectivity index (χ3n) is 3.41. The van der Waals surface area contributed by atoms with Crippen molar-refractivity contribution in [1.29, 1.82) is 0 Å². The fourth-order valence-corrected chi connectivity index (χ4v) is 3.37. The summed E-state index contributed by atoms with van der Waals surface area (Å²) in [5, 5.41) is 0. The van der Waals surface area contributed by atoms with E-state index in [1.165, 1.54) is 6.07 Å². The summed E-state index contributed by atoms with van der Waals surface area (Å²) in [6, 6.07) is 14.6. The maximum absolute atomic E-state index is 13.4. The van der Waals surface area contributed by atoms with Gasteiger partial charge in [0.25, 0.3) is 0 Å². The van der Waals surface area contributed by atoms with Gasteiger partial charge < -0.3 is 9.64 Å². The van der Waals surface area contributed by atoms with Crippen LogP contribution in [0.3, 0.4) is 0 Å². The fourth-order valence-electron chi connectivity index (χ4n) is 2.01. The molecule has 0 aliphatic heterocycles. The second kappa shape index (κ2) is 8.08. The molecule has 0 aromatic heterocycles. The zero-order valence-electron chi connectivity index (χ0n) is 13.0. The minimum atomic E-state index is -3.28. The number of para-hydroxylation sites is 1. The van der Waals surface area contributed by atoms with Crippen molar-refractivity contribution in [3.05, 3.63) is 60.4 Å². The lowest BCUT2D eigenvalue weighted by Crippen LogP contribution is -2.29. The molecule has 0 aliphatic rings. The molecule has 2 aromatic carbocycles. The van der Waals surface area contributed by atoms with Crippen LogP contribution in [0.1, 0.15) is 0 Å². The van der Waals surface area contributed by atoms with Crippen LogP contribution in [-0.4, -0.2) is 45.8 Å². The van der Waals surface area contributed by atoms with Gasteiger partial charge in [-0.3, -0.25) is 0 Å².